The van der Waals surface area contributed by atoms with Crippen LogP contribution in [0.15, 0.2) is 0 Å². The Balaban J connectivity index is 2.20. The van der Waals surface area contributed by atoms with Gasteiger partial charge < -0.3 is 15.5 Å². The molecule has 1 saturated carbocycles. The topological polar surface area (TPSA) is 32.5 Å². The highest BCUT2D eigenvalue weighted by molar-refractivity contribution is 4.80. The second kappa shape index (κ2) is 8.06. The molecule has 2 N–H and O–H groups in total. The van der Waals surface area contributed by atoms with Gasteiger partial charge in [-0.15, -0.1) is 0 Å². The van der Waals surface area contributed by atoms with Gasteiger partial charge in [-0.2, -0.15) is 0 Å². The van der Waals surface area contributed by atoms with Gasteiger partial charge in [-0.05, 0) is 58.9 Å². The maximum Gasteiger partial charge on any atom is 0.0196 e. The summed E-state index contributed by atoms with van der Waals surface area (Å²) in [5.41, 5.74) is 6.33. The fourth-order valence-electron chi connectivity index (χ4n) is 2.82. The van der Waals surface area contributed by atoms with Crippen molar-refractivity contribution in [2.75, 3.05) is 40.3 Å². The summed E-state index contributed by atoms with van der Waals surface area (Å²) in [6, 6.07) is 0.400. The Labute approximate surface area is 107 Å². The van der Waals surface area contributed by atoms with Crippen molar-refractivity contribution in [3.8, 4) is 0 Å². The number of rotatable bonds is 8. The maximum absolute atomic E-state index is 6.33. The van der Waals surface area contributed by atoms with Crippen LogP contribution in [0.25, 0.3) is 0 Å². The second-order valence-corrected chi connectivity index (χ2v) is 5.76. The zero-order valence-electron chi connectivity index (χ0n) is 12.0. The van der Waals surface area contributed by atoms with Crippen LogP contribution in [-0.4, -0.2) is 56.1 Å². The summed E-state index contributed by atoms with van der Waals surface area (Å²) in [4.78, 5) is 4.78. The summed E-state index contributed by atoms with van der Waals surface area (Å²) in [6.07, 6.45) is 6.75. The lowest BCUT2D eigenvalue weighted by atomic mass is 9.98. The number of likely N-dealkylation sites (N-methyl/N-ethyl adjacent to an activating group) is 1. The fraction of sp³-hybridized carbons (Fsp3) is 1.00. The number of nitrogens with two attached hydrogens (primary N) is 1. The molecule has 1 atom stereocenters. The molecular weight excluding hydrogens is 210 g/mol. The summed E-state index contributed by atoms with van der Waals surface area (Å²) in [5.74, 6) is 0.790. The average Bonchev–Trinajstić information content (AvgIpc) is 2.80. The minimum Gasteiger partial charge on any atom is -0.326 e. The first-order valence-electron chi connectivity index (χ1n) is 7.26. The van der Waals surface area contributed by atoms with Gasteiger partial charge in [0.05, 0.1) is 0 Å². The van der Waals surface area contributed by atoms with Crippen LogP contribution in [0.1, 0.15) is 39.0 Å². The Kier molecular flexibility index (Phi) is 7.09. The minimum absolute atomic E-state index is 0.400. The van der Waals surface area contributed by atoms with Crippen LogP contribution in [-0.2, 0) is 0 Å². The lowest BCUT2D eigenvalue weighted by Gasteiger charge is -2.27. The molecule has 1 aliphatic carbocycles. The van der Waals surface area contributed by atoms with Crippen LogP contribution in [0.5, 0.6) is 0 Å². The predicted octanol–water partition coefficient (Wildman–Crippen LogP) is 1.78. The minimum atomic E-state index is 0.400. The van der Waals surface area contributed by atoms with E-state index in [-0.39, 0.29) is 0 Å². The smallest absolute Gasteiger partial charge is 0.0196 e. The SMILES string of the molecule is CCN(CCCN(C)C)CC(N)C1CCCC1. The molecule has 0 aliphatic heterocycles. The molecule has 17 heavy (non-hydrogen) atoms. The lowest BCUT2D eigenvalue weighted by Crippen LogP contribution is -2.42. The van der Waals surface area contributed by atoms with Crippen molar-refractivity contribution in [1.29, 1.82) is 0 Å². The Morgan fingerprint density at radius 2 is 1.82 bits per heavy atom. The molecule has 0 aromatic rings. The van der Waals surface area contributed by atoms with Crippen molar-refractivity contribution in [2.24, 2.45) is 11.7 Å². The monoisotopic (exact) mass is 241 g/mol. The van der Waals surface area contributed by atoms with E-state index in [9.17, 15) is 0 Å². The first-order chi connectivity index (χ1) is 8.13. The van der Waals surface area contributed by atoms with E-state index < -0.39 is 0 Å². The molecule has 0 aromatic carbocycles. The molecule has 0 spiro atoms. The quantitative estimate of drug-likeness (QED) is 0.703. The third-order valence-electron chi connectivity index (χ3n) is 4.00. The van der Waals surface area contributed by atoms with Crippen LogP contribution in [0.3, 0.4) is 0 Å². The third-order valence-corrected chi connectivity index (χ3v) is 4.00. The Morgan fingerprint density at radius 3 is 2.35 bits per heavy atom. The molecule has 3 heteroatoms. The van der Waals surface area contributed by atoms with Crippen LogP contribution in [0.2, 0.25) is 0 Å². The van der Waals surface area contributed by atoms with Crippen molar-refractivity contribution in [3.63, 3.8) is 0 Å². The van der Waals surface area contributed by atoms with E-state index in [4.69, 9.17) is 5.73 Å². The predicted molar refractivity (Wildman–Crippen MR) is 75.2 cm³/mol. The summed E-state index contributed by atoms with van der Waals surface area (Å²) >= 11 is 0. The average molecular weight is 241 g/mol. The number of nitrogens with zero attached hydrogens (tertiary/aromatic N) is 2. The highest BCUT2D eigenvalue weighted by atomic mass is 15.1. The third kappa shape index (κ3) is 5.84. The molecule has 0 amide bonds. The van der Waals surface area contributed by atoms with Gasteiger partial charge in [-0.25, -0.2) is 0 Å². The van der Waals surface area contributed by atoms with Gasteiger partial charge in [0.1, 0.15) is 0 Å². The first-order valence-corrected chi connectivity index (χ1v) is 7.26. The molecule has 0 radical (unpaired) electrons. The van der Waals surface area contributed by atoms with E-state index in [1.807, 2.05) is 0 Å². The van der Waals surface area contributed by atoms with Crippen molar-refractivity contribution in [2.45, 2.75) is 45.1 Å². The summed E-state index contributed by atoms with van der Waals surface area (Å²) < 4.78 is 0. The van der Waals surface area contributed by atoms with Gasteiger partial charge in [0.2, 0.25) is 0 Å². The zero-order valence-corrected chi connectivity index (χ0v) is 12.0. The number of hydrogen-bond donors (Lipinski definition) is 1. The van der Waals surface area contributed by atoms with Crippen LogP contribution in [0, 0.1) is 5.92 Å². The van der Waals surface area contributed by atoms with Crippen molar-refractivity contribution in [3.05, 3.63) is 0 Å². The van der Waals surface area contributed by atoms with Gasteiger partial charge in [0.15, 0.2) is 0 Å². The van der Waals surface area contributed by atoms with E-state index >= 15 is 0 Å². The van der Waals surface area contributed by atoms with E-state index in [2.05, 4.69) is 30.8 Å². The highest BCUT2D eigenvalue weighted by Crippen LogP contribution is 2.27. The van der Waals surface area contributed by atoms with E-state index in [0.29, 0.717) is 6.04 Å². The fourth-order valence-corrected chi connectivity index (χ4v) is 2.82. The molecule has 1 rings (SSSR count). The van der Waals surface area contributed by atoms with Crippen LogP contribution < -0.4 is 5.73 Å². The molecular formula is C14H31N3. The second-order valence-electron chi connectivity index (χ2n) is 5.76. The van der Waals surface area contributed by atoms with Gasteiger partial charge in [-0.1, -0.05) is 19.8 Å². The molecule has 1 fully saturated rings. The molecule has 0 heterocycles. The zero-order chi connectivity index (χ0) is 12.7. The highest BCUT2D eigenvalue weighted by Gasteiger charge is 2.23. The molecule has 1 aliphatic rings. The largest absolute Gasteiger partial charge is 0.326 e. The summed E-state index contributed by atoms with van der Waals surface area (Å²) in [5, 5.41) is 0. The summed E-state index contributed by atoms with van der Waals surface area (Å²) in [6.45, 7) is 6.84. The van der Waals surface area contributed by atoms with Crippen molar-refractivity contribution >= 4 is 0 Å². The van der Waals surface area contributed by atoms with Crippen molar-refractivity contribution in [1.82, 2.24) is 9.80 Å². The van der Waals surface area contributed by atoms with Crippen molar-refractivity contribution < 1.29 is 0 Å². The van der Waals surface area contributed by atoms with Gasteiger partial charge in [0.25, 0.3) is 0 Å². The molecule has 1 unspecified atom stereocenters. The summed E-state index contributed by atoms with van der Waals surface area (Å²) in [7, 11) is 4.28. The number of hydrogen-bond acceptors (Lipinski definition) is 3. The van der Waals surface area contributed by atoms with Gasteiger partial charge in [0, 0.05) is 12.6 Å². The first kappa shape index (κ1) is 14.9. The van der Waals surface area contributed by atoms with Gasteiger partial charge >= 0.3 is 0 Å². The van der Waals surface area contributed by atoms with Crippen LogP contribution in [0.4, 0.5) is 0 Å². The Bertz CT molecular complexity index is 188. The molecule has 102 valence electrons. The Hall–Kier alpha value is -0.120. The standard InChI is InChI=1S/C14H31N3/c1-4-17(11-7-10-16(2)3)12-14(15)13-8-5-6-9-13/h13-14H,4-12,15H2,1-3H3. The Morgan fingerprint density at radius 1 is 1.18 bits per heavy atom. The molecule has 3 nitrogen and oxygen atoms in total. The normalized spacial score (nSPS) is 19.4. The van der Waals surface area contributed by atoms with E-state index in [0.717, 1.165) is 19.0 Å². The molecule has 0 aromatic heterocycles. The molecule has 0 bridgehead atoms. The lowest BCUT2D eigenvalue weighted by molar-refractivity contribution is 0.228. The maximum atomic E-state index is 6.33. The van der Waals surface area contributed by atoms with Crippen LogP contribution >= 0.6 is 0 Å². The van der Waals surface area contributed by atoms with E-state index in [1.165, 1.54) is 45.2 Å². The molecule has 0 saturated heterocycles. The van der Waals surface area contributed by atoms with E-state index in [1.54, 1.807) is 0 Å². The van der Waals surface area contributed by atoms with Gasteiger partial charge in [-0.3, -0.25) is 0 Å².